The molecule has 0 aliphatic carbocycles. The van der Waals surface area contributed by atoms with Crippen LogP contribution in [0.3, 0.4) is 0 Å². The highest BCUT2D eigenvalue weighted by molar-refractivity contribution is 6.27. The lowest BCUT2D eigenvalue weighted by Crippen LogP contribution is -2.47. The molecule has 2 aliphatic heterocycles. The number of nitrogens with zero attached hydrogens (tertiary/aromatic N) is 2. The van der Waals surface area contributed by atoms with Gasteiger partial charge in [0.15, 0.2) is 0 Å². The number of aliphatic hydroxyl groups is 1. The first-order chi connectivity index (χ1) is 16.3. The molecular weight excluding hydrogens is 450 g/mol. The van der Waals surface area contributed by atoms with Crippen LogP contribution in [0, 0.1) is 0 Å². The van der Waals surface area contributed by atoms with E-state index in [9.17, 15) is 9.90 Å². The fraction of sp³-hybridized carbons (Fsp3) is 0.444. The van der Waals surface area contributed by atoms with E-state index in [1.807, 2.05) is 17.0 Å². The summed E-state index contributed by atoms with van der Waals surface area (Å²) in [6.45, 7) is 8.93. The van der Waals surface area contributed by atoms with E-state index in [2.05, 4.69) is 47.1 Å². The van der Waals surface area contributed by atoms with Gasteiger partial charge in [-0.3, -0.25) is 4.79 Å². The first kappa shape index (κ1) is 23.2. The van der Waals surface area contributed by atoms with E-state index < -0.39 is 5.60 Å². The number of aromatic nitrogens is 1. The van der Waals surface area contributed by atoms with Crippen LogP contribution in [0.25, 0.3) is 10.9 Å². The zero-order valence-electron chi connectivity index (χ0n) is 20.0. The van der Waals surface area contributed by atoms with E-state index in [1.165, 1.54) is 5.56 Å². The Kier molecular flexibility index (Phi) is 6.09. The Balaban J connectivity index is 1.61. The minimum atomic E-state index is -0.923. The molecule has 2 aliphatic rings. The molecule has 6 nitrogen and oxygen atoms in total. The molecule has 0 spiro atoms. The van der Waals surface area contributed by atoms with Gasteiger partial charge in [0.1, 0.15) is 5.88 Å². The van der Waals surface area contributed by atoms with E-state index in [0.717, 1.165) is 66.1 Å². The van der Waals surface area contributed by atoms with Crippen LogP contribution >= 0.6 is 11.6 Å². The topological polar surface area (TPSA) is 68.8 Å². The van der Waals surface area contributed by atoms with Crippen molar-refractivity contribution in [3.63, 3.8) is 0 Å². The lowest BCUT2D eigenvalue weighted by atomic mass is 9.87. The van der Waals surface area contributed by atoms with Gasteiger partial charge in [-0.15, -0.1) is 11.6 Å². The van der Waals surface area contributed by atoms with Crippen molar-refractivity contribution in [3.05, 3.63) is 64.8 Å². The molecule has 0 unspecified atom stereocenters. The van der Waals surface area contributed by atoms with Crippen LogP contribution in [0.15, 0.2) is 42.5 Å². The molecule has 2 atom stereocenters. The van der Waals surface area contributed by atoms with Gasteiger partial charge in [-0.25, -0.2) is 0 Å². The molecule has 2 aromatic carbocycles. The summed E-state index contributed by atoms with van der Waals surface area (Å²) in [6.07, 6.45) is 0.732. The summed E-state index contributed by atoms with van der Waals surface area (Å²) in [5.74, 6) is -0.122. The zero-order chi connectivity index (χ0) is 24.0. The second-order valence-electron chi connectivity index (χ2n) is 9.92. The fourth-order valence-electron chi connectivity index (χ4n) is 5.36. The molecule has 0 radical (unpaired) electrons. The van der Waals surface area contributed by atoms with Crippen molar-refractivity contribution in [2.45, 2.75) is 44.9 Å². The predicted molar refractivity (Wildman–Crippen MR) is 136 cm³/mol. The highest BCUT2D eigenvalue weighted by Gasteiger charge is 2.38. The van der Waals surface area contributed by atoms with Gasteiger partial charge in [0.25, 0.3) is 0 Å². The summed E-state index contributed by atoms with van der Waals surface area (Å²) in [6, 6.07) is 14.3. The Morgan fingerprint density at radius 1 is 1.18 bits per heavy atom. The van der Waals surface area contributed by atoms with Crippen molar-refractivity contribution in [2.24, 2.45) is 0 Å². The number of H-pyrrole nitrogens is 1. The zero-order valence-corrected chi connectivity index (χ0v) is 20.7. The van der Waals surface area contributed by atoms with Gasteiger partial charge in [0, 0.05) is 41.4 Å². The Morgan fingerprint density at radius 3 is 2.53 bits per heavy atom. The number of nitrogens with one attached hydrogen (secondary N) is 1. The Labute approximate surface area is 205 Å². The first-order valence-electron chi connectivity index (χ1n) is 11.9. The standard InChI is InChI=1S/C27H32ClN3O3/c1-17-14-22-21-15-19(27(2,3)33)6-9-23(21)29-25(22)26(31(17)24(32)16-28)18-4-7-20(8-5-18)30-10-12-34-13-11-30/h4-9,15,17,26,29,33H,10-14,16H2,1-3H3/t17-,26-/m0/s1. The van der Waals surface area contributed by atoms with Crippen molar-refractivity contribution >= 4 is 34.1 Å². The van der Waals surface area contributed by atoms with Crippen LogP contribution in [0.5, 0.6) is 0 Å². The van der Waals surface area contributed by atoms with E-state index in [1.54, 1.807) is 13.8 Å². The smallest absolute Gasteiger partial charge is 0.238 e. The largest absolute Gasteiger partial charge is 0.386 e. The lowest BCUT2D eigenvalue weighted by Gasteiger charge is -2.41. The average Bonchev–Trinajstić information content (AvgIpc) is 3.20. The van der Waals surface area contributed by atoms with Crippen LogP contribution in [-0.2, 0) is 21.6 Å². The molecule has 2 N–H and O–H groups in total. The first-order valence-corrected chi connectivity index (χ1v) is 12.5. The third-order valence-electron chi connectivity index (χ3n) is 7.16. The van der Waals surface area contributed by atoms with Gasteiger partial charge in [0.05, 0.1) is 24.9 Å². The number of halogens is 1. The number of anilines is 1. The van der Waals surface area contributed by atoms with Crippen molar-refractivity contribution < 1.29 is 14.6 Å². The monoisotopic (exact) mass is 481 g/mol. The normalized spacial score (nSPS) is 21.1. The van der Waals surface area contributed by atoms with E-state index in [-0.39, 0.29) is 23.9 Å². The second-order valence-corrected chi connectivity index (χ2v) is 10.2. The molecule has 5 rings (SSSR count). The summed E-state index contributed by atoms with van der Waals surface area (Å²) in [5, 5.41) is 11.7. The number of alkyl halides is 1. The molecule has 1 fully saturated rings. The molecule has 1 saturated heterocycles. The summed E-state index contributed by atoms with van der Waals surface area (Å²) in [7, 11) is 0. The number of amides is 1. The van der Waals surface area contributed by atoms with Crippen molar-refractivity contribution in [1.82, 2.24) is 9.88 Å². The molecule has 0 saturated carbocycles. The Bertz CT molecular complexity index is 1190. The molecule has 1 aromatic heterocycles. The van der Waals surface area contributed by atoms with Crippen LogP contribution in [-0.4, -0.2) is 59.1 Å². The van der Waals surface area contributed by atoms with Crippen molar-refractivity contribution in [3.8, 4) is 0 Å². The van der Waals surface area contributed by atoms with Gasteiger partial charge in [-0.1, -0.05) is 18.2 Å². The number of aromatic amines is 1. The van der Waals surface area contributed by atoms with E-state index in [0.29, 0.717) is 0 Å². The number of benzene rings is 2. The highest BCUT2D eigenvalue weighted by Crippen LogP contribution is 2.42. The van der Waals surface area contributed by atoms with Gasteiger partial charge in [0.2, 0.25) is 5.91 Å². The van der Waals surface area contributed by atoms with E-state index in [4.69, 9.17) is 16.3 Å². The maximum Gasteiger partial charge on any atom is 0.238 e. The predicted octanol–water partition coefficient (Wildman–Crippen LogP) is 4.33. The molecule has 34 heavy (non-hydrogen) atoms. The minimum Gasteiger partial charge on any atom is -0.386 e. The minimum absolute atomic E-state index is 0.00698. The van der Waals surface area contributed by atoms with Crippen LogP contribution in [0.2, 0.25) is 0 Å². The average molecular weight is 482 g/mol. The quantitative estimate of drug-likeness (QED) is 0.544. The van der Waals surface area contributed by atoms with Gasteiger partial charge < -0.3 is 24.6 Å². The van der Waals surface area contributed by atoms with E-state index >= 15 is 0 Å². The number of hydrogen-bond acceptors (Lipinski definition) is 4. The number of morpholine rings is 1. The van der Waals surface area contributed by atoms with Gasteiger partial charge >= 0.3 is 0 Å². The molecule has 0 bridgehead atoms. The summed E-state index contributed by atoms with van der Waals surface area (Å²) in [4.78, 5) is 20.9. The van der Waals surface area contributed by atoms with Crippen LogP contribution in [0.1, 0.15) is 49.2 Å². The molecule has 180 valence electrons. The lowest BCUT2D eigenvalue weighted by molar-refractivity contribution is -0.133. The van der Waals surface area contributed by atoms with Crippen molar-refractivity contribution in [2.75, 3.05) is 37.1 Å². The van der Waals surface area contributed by atoms with Crippen LogP contribution < -0.4 is 4.90 Å². The number of carbonyl (C=O) groups excluding carboxylic acids is 1. The molecule has 1 amide bonds. The summed E-state index contributed by atoms with van der Waals surface area (Å²) in [5.41, 5.74) is 5.41. The summed E-state index contributed by atoms with van der Waals surface area (Å²) < 4.78 is 5.48. The number of carbonyl (C=O) groups is 1. The third kappa shape index (κ3) is 4.08. The van der Waals surface area contributed by atoms with Gasteiger partial charge in [-0.2, -0.15) is 0 Å². The SMILES string of the molecule is C[C@H]1Cc2c([nH]c3ccc(C(C)(C)O)cc23)[C@H](c2ccc(N3CCOCC3)cc2)N1C(=O)CCl. The number of hydrogen-bond donors (Lipinski definition) is 2. The number of ether oxygens (including phenoxy) is 1. The van der Waals surface area contributed by atoms with Gasteiger partial charge in [-0.05, 0) is 68.1 Å². The molecule has 3 aromatic rings. The van der Waals surface area contributed by atoms with Crippen LogP contribution in [0.4, 0.5) is 5.69 Å². The maximum atomic E-state index is 13.0. The fourth-order valence-corrected chi connectivity index (χ4v) is 5.50. The highest BCUT2D eigenvalue weighted by atomic mass is 35.5. The molecule has 3 heterocycles. The molecular formula is C27H32ClN3O3. The summed E-state index contributed by atoms with van der Waals surface area (Å²) >= 11 is 6.06. The molecule has 7 heteroatoms. The van der Waals surface area contributed by atoms with Crippen molar-refractivity contribution in [1.29, 1.82) is 0 Å². The second kappa shape index (κ2) is 8.91. The third-order valence-corrected chi connectivity index (χ3v) is 7.39. The Hall–Kier alpha value is -2.54. The number of rotatable bonds is 4. The Morgan fingerprint density at radius 2 is 1.88 bits per heavy atom. The number of fused-ring (bicyclic) bond motifs is 3. The maximum absolute atomic E-state index is 13.0.